The zero-order valence-corrected chi connectivity index (χ0v) is 10.9. The lowest BCUT2D eigenvalue weighted by molar-refractivity contribution is 0.254. The van der Waals surface area contributed by atoms with E-state index in [4.69, 9.17) is 0 Å². The lowest BCUT2D eigenvalue weighted by atomic mass is 10.2. The molecular weight excluding hydrogens is 210 g/mol. The SMILES string of the molecule is CCC1CN(Cc2ncccc2C)CCCN1. The van der Waals surface area contributed by atoms with Crippen LogP contribution in [-0.2, 0) is 6.54 Å². The summed E-state index contributed by atoms with van der Waals surface area (Å²) in [5, 5.41) is 3.60. The first-order valence-electron chi connectivity index (χ1n) is 6.66. The number of nitrogens with one attached hydrogen (secondary N) is 1. The van der Waals surface area contributed by atoms with Gasteiger partial charge in [-0.2, -0.15) is 0 Å². The van der Waals surface area contributed by atoms with Crippen molar-refractivity contribution in [2.24, 2.45) is 0 Å². The largest absolute Gasteiger partial charge is 0.313 e. The first-order chi connectivity index (χ1) is 8.29. The van der Waals surface area contributed by atoms with Gasteiger partial charge in [0.25, 0.3) is 0 Å². The van der Waals surface area contributed by atoms with E-state index in [2.05, 4.69) is 35.1 Å². The Bertz CT molecular complexity index is 351. The Balaban J connectivity index is 2.00. The average Bonchev–Trinajstić information content (AvgIpc) is 2.57. The zero-order chi connectivity index (χ0) is 12.1. The Hall–Kier alpha value is -0.930. The van der Waals surface area contributed by atoms with Gasteiger partial charge in [0.05, 0.1) is 5.69 Å². The molecule has 17 heavy (non-hydrogen) atoms. The maximum Gasteiger partial charge on any atom is 0.0573 e. The molecule has 1 aliphatic rings. The number of aromatic nitrogens is 1. The number of hydrogen-bond acceptors (Lipinski definition) is 3. The number of aryl methyl sites for hydroxylation is 1. The Morgan fingerprint density at radius 1 is 1.53 bits per heavy atom. The van der Waals surface area contributed by atoms with Crippen LogP contribution in [0.4, 0.5) is 0 Å². The van der Waals surface area contributed by atoms with Crippen molar-refractivity contribution in [1.82, 2.24) is 15.2 Å². The topological polar surface area (TPSA) is 28.2 Å². The first-order valence-corrected chi connectivity index (χ1v) is 6.66. The van der Waals surface area contributed by atoms with Crippen molar-refractivity contribution >= 4 is 0 Å². The van der Waals surface area contributed by atoms with E-state index in [-0.39, 0.29) is 0 Å². The van der Waals surface area contributed by atoms with Gasteiger partial charge < -0.3 is 5.32 Å². The van der Waals surface area contributed by atoms with Crippen LogP contribution < -0.4 is 5.32 Å². The van der Waals surface area contributed by atoms with Gasteiger partial charge in [-0.3, -0.25) is 9.88 Å². The number of rotatable bonds is 3. The van der Waals surface area contributed by atoms with Gasteiger partial charge in [0.2, 0.25) is 0 Å². The molecule has 1 fully saturated rings. The third-order valence-electron chi connectivity index (χ3n) is 3.55. The van der Waals surface area contributed by atoms with Crippen molar-refractivity contribution in [3.63, 3.8) is 0 Å². The maximum atomic E-state index is 4.49. The lowest BCUT2D eigenvalue weighted by Gasteiger charge is -2.23. The van der Waals surface area contributed by atoms with Crippen LogP contribution in [0.25, 0.3) is 0 Å². The van der Waals surface area contributed by atoms with Gasteiger partial charge in [-0.15, -0.1) is 0 Å². The van der Waals surface area contributed by atoms with Gasteiger partial charge >= 0.3 is 0 Å². The minimum atomic E-state index is 0.640. The van der Waals surface area contributed by atoms with Crippen molar-refractivity contribution in [1.29, 1.82) is 0 Å². The van der Waals surface area contributed by atoms with Crippen LogP contribution in [-0.4, -0.2) is 35.6 Å². The Labute approximate surface area is 104 Å². The molecule has 0 spiro atoms. The molecule has 1 saturated heterocycles. The number of pyridine rings is 1. The van der Waals surface area contributed by atoms with Crippen molar-refractivity contribution in [2.45, 2.75) is 39.3 Å². The second kappa shape index (κ2) is 6.12. The summed E-state index contributed by atoms with van der Waals surface area (Å²) in [6, 6.07) is 4.80. The van der Waals surface area contributed by atoms with Crippen LogP contribution in [0.1, 0.15) is 31.0 Å². The van der Waals surface area contributed by atoms with E-state index in [1.165, 1.54) is 30.6 Å². The molecule has 1 atom stereocenters. The minimum absolute atomic E-state index is 0.640. The molecule has 0 saturated carbocycles. The second-order valence-electron chi connectivity index (χ2n) is 4.91. The molecule has 94 valence electrons. The molecule has 0 amide bonds. The van der Waals surface area contributed by atoms with E-state index in [0.717, 1.165) is 19.6 Å². The molecule has 2 rings (SSSR count). The van der Waals surface area contributed by atoms with Crippen LogP contribution in [0.2, 0.25) is 0 Å². The first kappa shape index (κ1) is 12.5. The molecule has 0 aromatic carbocycles. The molecule has 0 aliphatic carbocycles. The summed E-state index contributed by atoms with van der Waals surface area (Å²) in [5.74, 6) is 0. The van der Waals surface area contributed by atoms with Gasteiger partial charge in [0.1, 0.15) is 0 Å². The van der Waals surface area contributed by atoms with E-state index in [9.17, 15) is 0 Å². The molecule has 1 aromatic rings. The molecule has 3 nitrogen and oxygen atoms in total. The minimum Gasteiger partial charge on any atom is -0.313 e. The van der Waals surface area contributed by atoms with Crippen LogP contribution in [0.3, 0.4) is 0 Å². The van der Waals surface area contributed by atoms with E-state index in [1.807, 2.05) is 12.3 Å². The maximum absolute atomic E-state index is 4.49. The van der Waals surface area contributed by atoms with Crippen molar-refractivity contribution in [2.75, 3.05) is 19.6 Å². The summed E-state index contributed by atoms with van der Waals surface area (Å²) in [4.78, 5) is 7.02. The molecule has 1 aliphatic heterocycles. The predicted octanol–water partition coefficient (Wildman–Crippen LogP) is 1.96. The van der Waals surface area contributed by atoms with Crippen LogP contribution in [0.5, 0.6) is 0 Å². The molecule has 3 heteroatoms. The summed E-state index contributed by atoms with van der Waals surface area (Å²) < 4.78 is 0. The van der Waals surface area contributed by atoms with E-state index in [1.54, 1.807) is 0 Å². The van der Waals surface area contributed by atoms with Crippen LogP contribution in [0, 0.1) is 6.92 Å². The molecule has 1 unspecified atom stereocenters. The highest BCUT2D eigenvalue weighted by molar-refractivity contribution is 5.17. The summed E-state index contributed by atoms with van der Waals surface area (Å²) >= 11 is 0. The highest BCUT2D eigenvalue weighted by atomic mass is 15.2. The van der Waals surface area contributed by atoms with Crippen LogP contribution >= 0.6 is 0 Å². The van der Waals surface area contributed by atoms with Gasteiger partial charge in [-0.1, -0.05) is 13.0 Å². The fourth-order valence-corrected chi connectivity index (χ4v) is 2.39. The monoisotopic (exact) mass is 233 g/mol. The number of nitrogens with zero attached hydrogens (tertiary/aromatic N) is 2. The lowest BCUT2D eigenvalue weighted by Crippen LogP contribution is -2.37. The van der Waals surface area contributed by atoms with E-state index in [0.29, 0.717) is 6.04 Å². The molecular formula is C14H23N3. The fraction of sp³-hybridized carbons (Fsp3) is 0.643. The third kappa shape index (κ3) is 3.51. The molecule has 1 aromatic heterocycles. The van der Waals surface area contributed by atoms with E-state index >= 15 is 0 Å². The number of hydrogen-bond donors (Lipinski definition) is 1. The van der Waals surface area contributed by atoms with Gasteiger partial charge in [0.15, 0.2) is 0 Å². The predicted molar refractivity (Wildman–Crippen MR) is 70.9 cm³/mol. The standard InChI is InChI=1S/C14H23N3/c1-3-13-10-17(9-5-8-15-13)11-14-12(2)6-4-7-16-14/h4,6-7,13,15H,3,5,8-11H2,1-2H3. The smallest absolute Gasteiger partial charge is 0.0573 e. The van der Waals surface area contributed by atoms with Crippen molar-refractivity contribution < 1.29 is 0 Å². The third-order valence-corrected chi connectivity index (χ3v) is 3.55. The Morgan fingerprint density at radius 3 is 3.18 bits per heavy atom. The molecule has 0 bridgehead atoms. The van der Waals surface area contributed by atoms with Gasteiger partial charge in [-0.25, -0.2) is 0 Å². The highest BCUT2D eigenvalue weighted by Gasteiger charge is 2.16. The summed E-state index contributed by atoms with van der Waals surface area (Å²) in [6.07, 6.45) is 4.34. The van der Waals surface area contributed by atoms with Gasteiger partial charge in [0, 0.05) is 25.3 Å². The average molecular weight is 233 g/mol. The van der Waals surface area contributed by atoms with E-state index < -0.39 is 0 Å². The Kier molecular flexibility index (Phi) is 4.51. The second-order valence-corrected chi connectivity index (χ2v) is 4.91. The molecule has 2 heterocycles. The van der Waals surface area contributed by atoms with Gasteiger partial charge in [-0.05, 0) is 44.5 Å². The normalized spacial score (nSPS) is 22.4. The summed E-state index contributed by atoms with van der Waals surface area (Å²) in [7, 11) is 0. The fourth-order valence-electron chi connectivity index (χ4n) is 2.39. The summed E-state index contributed by atoms with van der Waals surface area (Å²) in [5.41, 5.74) is 2.53. The zero-order valence-electron chi connectivity index (χ0n) is 10.9. The molecule has 1 N–H and O–H groups in total. The summed E-state index contributed by atoms with van der Waals surface area (Å²) in [6.45, 7) is 8.87. The van der Waals surface area contributed by atoms with Crippen molar-refractivity contribution in [3.05, 3.63) is 29.6 Å². The van der Waals surface area contributed by atoms with Crippen molar-refractivity contribution in [3.8, 4) is 0 Å². The van der Waals surface area contributed by atoms with Crippen LogP contribution in [0.15, 0.2) is 18.3 Å². The molecule has 0 radical (unpaired) electrons. The highest BCUT2D eigenvalue weighted by Crippen LogP contribution is 2.10. The quantitative estimate of drug-likeness (QED) is 0.865. The Morgan fingerprint density at radius 2 is 2.41 bits per heavy atom.